The summed E-state index contributed by atoms with van der Waals surface area (Å²) in [5, 5.41) is 51.2. The molecule has 5 N–H and O–H groups in total. The SMILES string of the molecule is C[C@]12CC[C@@H]3c4cc(O)c(O)cc4C[C@@H](c4ccccc4)[C@H]3[C@@H]1C[C@@H](O)C2.C[C@]12CC[C@@H]3c4ccc(O)cc4C[C@@H](c4ccccc4)[C@@H]3[C@@H]1C[C@@H](O)C2. The lowest BCUT2D eigenvalue weighted by atomic mass is 9.52. The summed E-state index contributed by atoms with van der Waals surface area (Å²) >= 11 is 0. The van der Waals surface area contributed by atoms with Crippen molar-refractivity contribution in [1.82, 2.24) is 0 Å². The Morgan fingerprint density at radius 2 is 1.00 bits per heavy atom. The van der Waals surface area contributed by atoms with Gasteiger partial charge in [-0.15, -0.1) is 0 Å². The largest absolute Gasteiger partial charge is 0.508 e. The summed E-state index contributed by atoms with van der Waals surface area (Å²) < 4.78 is 0. The van der Waals surface area contributed by atoms with Gasteiger partial charge in [-0.2, -0.15) is 0 Å². The van der Waals surface area contributed by atoms with Crippen LogP contribution in [0.25, 0.3) is 0 Å². The van der Waals surface area contributed by atoms with Crippen molar-refractivity contribution < 1.29 is 25.5 Å². The van der Waals surface area contributed by atoms with Crippen LogP contribution < -0.4 is 0 Å². The number of hydrogen-bond acceptors (Lipinski definition) is 5. The van der Waals surface area contributed by atoms with Gasteiger partial charge in [0, 0.05) is 0 Å². The van der Waals surface area contributed by atoms with E-state index in [0.717, 1.165) is 51.4 Å². The van der Waals surface area contributed by atoms with Crippen molar-refractivity contribution >= 4 is 0 Å². The molecular weight excluding hydrogens is 657 g/mol. The van der Waals surface area contributed by atoms with Crippen LogP contribution in [0.2, 0.25) is 0 Å². The van der Waals surface area contributed by atoms with Crippen LogP contribution in [-0.2, 0) is 12.8 Å². The highest BCUT2D eigenvalue weighted by atomic mass is 16.3. The standard InChI is InChI=1S/C24H28O3.C24H28O2/c1-24-8-7-17-18-12-22(27)21(26)10-15(18)9-19(14-5-3-2-4-6-14)23(17)20(24)11-16(25)13-24;1-24-10-9-20-19-8-7-17(25)11-16(19)12-21(15-5-3-2-4-6-15)23(20)22(24)13-18(26)14-24/h2-6,10,12,16-17,19-20,23,25-27H,7-9,11,13H2,1H3;2-8,11,18,20-23,25-26H,9-10,12-14H2,1H3/t16-,17-,19+,20+,23+,24-;18-,20-,21+,22+,23-,24-/m11/s1. The Balaban J connectivity index is 0.000000141. The topological polar surface area (TPSA) is 101 Å². The first kappa shape index (κ1) is 34.9. The first-order valence-corrected chi connectivity index (χ1v) is 20.3. The first-order valence-electron chi connectivity index (χ1n) is 20.3. The second-order valence-corrected chi connectivity index (χ2v) is 18.5. The highest BCUT2D eigenvalue weighted by molar-refractivity contribution is 5.50. The number of aliphatic hydroxyl groups excluding tert-OH is 2. The van der Waals surface area contributed by atoms with Crippen molar-refractivity contribution in [2.24, 2.45) is 34.5 Å². The van der Waals surface area contributed by atoms with Crippen molar-refractivity contribution in [3.63, 3.8) is 0 Å². The van der Waals surface area contributed by atoms with Crippen LogP contribution in [0, 0.1) is 34.5 Å². The van der Waals surface area contributed by atoms with Gasteiger partial charge in [0.25, 0.3) is 0 Å². The van der Waals surface area contributed by atoms with Crippen molar-refractivity contribution in [1.29, 1.82) is 0 Å². The molecule has 6 aliphatic rings. The van der Waals surface area contributed by atoms with E-state index in [2.05, 4.69) is 80.6 Å². The Labute approximate surface area is 314 Å². The third kappa shape index (κ3) is 5.98. The molecule has 0 aromatic heterocycles. The Morgan fingerprint density at radius 1 is 0.528 bits per heavy atom. The molecule has 0 aliphatic heterocycles. The molecule has 6 aliphatic carbocycles. The number of phenolic OH excluding ortho intramolecular Hbond substituents is 3. The maximum absolute atomic E-state index is 10.5. The Kier molecular flexibility index (Phi) is 8.70. The summed E-state index contributed by atoms with van der Waals surface area (Å²) in [6.45, 7) is 4.79. The lowest BCUT2D eigenvalue weighted by molar-refractivity contribution is 0.0467. The van der Waals surface area contributed by atoms with E-state index >= 15 is 0 Å². The first-order chi connectivity index (χ1) is 25.5. The third-order valence-corrected chi connectivity index (χ3v) is 15.6. The molecule has 0 radical (unpaired) electrons. The molecule has 0 bridgehead atoms. The normalized spacial score (nSPS) is 37.8. The monoisotopic (exact) mass is 712 g/mol. The fraction of sp³-hybridized carbons (Fsp3) is 0.500. The van der Waals surface area contributed by atoms with E-state index in [4.69, 9.17) is 0 Å². The number of phenols is 3. The predicted molar refractivity (Wildman–Crippen MR) is 208 cm³/mol. The smallest absolute Gasteiger partial charge is 0.157 e. The summed E-state index contributed by atoms with van der Waals surface area (Å²) in [7, 11) is 0. The quantitative estimate of drug-likeness (QED) is 0.133. The average Bonchev–Trinajstić information content (AvgIpc) is 3.65. The van der Waals surface area contributed by atoms with E-state index < -0.39 is 0 Å². The zero-order valence-electron chi connectivity index (χ0n) is 31.2. The minimum absolute atomic E-state index is 0.00884. The number of aliphatic hydroxyl groups is 2. The van der Waals surface area contributed by atoms with Gasteiger partial charge in [-0.3, -0.25) is 0 Å². The van der Waals surface area contributed by atoms with Gasteiger partial charge in [-0.1, -0.05) is 80.6 Å². The summed E-state index contributed by atoms with van der Waals surface area (Å²) in [6, 6.07) is 31.2. The molecule has 10 rings (SSSR count). The molecule has 4 fully saturated rings. The molecule has 4 saturated carbocycles. The third-order valence-electron chi connectivity index (χ3n) is 15.6. The van der Waals surface area contributed by atoms with Crippen molar-refractivity contribution in [2.75, 3.05) is 0 Å². The van der Waals surface area contributed by atoms with Gasteiger partial charge >= 0.3 is 0 Å². The lowest BCUT2D eigenvalue weighted by Crippen LogP contribution is -2.43. The van der Waals surface area contributed by atoms with Gasteiger partial charge < -0.3 is 25.5 Å². The lowest BCUT2D eigenvalue weighted by Gasteiger charge is -2.52. The van der Waals surface area contributed by atoms with Crippen LogP contribution in [-0.4, -0.2) is 37.7 Å². The van der Waals surface area contributed by atoms with Crippen LogP contribution in [0.1, 0.15) is 122 Å². The summed E-state index contributed by atoms with van der Waals surface area (Å²) in [6.07, 6.45) is 9.89. The van der Waals surface area contributed by atoms with Crippen LogP contribution in [0.4, 0.5) is 0 Å². The molecular formula is C48H56O5. The molecule has 0 heterocycles. The molecule has 4 aromatic rings. The van der Waals surface area contributed by atoms with E-state index in [1.807, 2.05) is 12.1 Å². The molecule has 53 heavy (non-hydrogen) atoms. The molecule has 278 valence electrons. The molecule has 5 nitrogen and oxygen atoms in total. The zero-order chi connectivity index (χ0) is 36.6. The summed E-state index contributed by atoms with van der Waals surface area (Å²) in [5.74, 6) is 4.30. The van der Waals surface area contributed by atoms with Crippen LogP contribution in [0.15, 0.2) is 91.0 Å². The van der Waals surface area contributed by atoms with E-state index in [9.17, 15) is 25.5 Å². The Bertz CT molecular complexity index is 1960. The molecule has 0 amide bonds. The van der Waals surface area contributed by atoms with Crippen LogP contribution in [0.5, 0.6) is 17.2 Å². The van der Waals surface area contributed by atoms with E-state index in [-0.39, 0.29) is 34.5 Å². The van der Waals surface area contributed by atoms with Gasteiger partial charge in [0.2, 0.25) is 0 Å². The molecule has 4 aromatic carbocycles. The van der Waals surface area contributed by atoms with Gasteiger partial charge in [-0.25, -0.2) is 0 Å². The fourth-order valence-electron chi connectivity index (χ4n) is 13.4. The number of fused-ring (bicyclic) bond motifs is 10. The zero-order valence-corrected chi connectivity index (χ0v) is 31.2. The Hall–Kier alpha value is -3.80. The number of hydrogen-bond donors (Lipinski definition) is 5. The van der Waals surface area contributed by atoms with Gasteiger partial charge in [-0.05, 0) is 180 Å². The van der Waals surface area contributed by atoms with Gasteiger partial charge in [0.15, 0.2) is 11.5 Å². The second kappa shape index (κ2) is 13.2. The maximum Gasteiger partial charge on any atom is 0.157 e. The average molecular weight is 713 g/mol. The summed E-state index contributed by atoms with van der Waals surface area (Å²) in [5.41, 5.74) is 8.42. The van der Waals surface area contributed by atoms with Crippen molar-refractivity contribution in [2.45, 2.75) is 114 Å². The maximum atomic E-state index is 10.5. The second-order valence-electron chi connectivity index (χ2n) is 18.5. The van der Waals surface area contributed by atoms with Crippen molar-refractivity contribution in [3.8, 4) is 17.2 Å². The van der Waals surface area contributed by atoms with Gasteiger partial charge in [0.1, 0.15) is 5.75 Å². The minimum atomic E-state index is -0.190. The fourth-order valence-corrected chi connectivity index (χ4v) is 13.4. The van der Waals surface area contributed by atoms with E-state index in [0.29, 0.717) is 53.1 Å². The number of benzene rings is 4. The number of aromatic hydroxyl groups is 3. The molecule has 12 atom stereocenters. The van der Waals surface area contributed by atoms with Crippen molar-refractivity contribution in [3.05, 3.63) is 124 Å². The predicted octanol–water partition coefficient (Wildman–Crippen LogP) is 9.71. The molecule has 0 spiro atoms. The van der Waals surface area contributed by atoms with E-state index in [1.165, 1.54) is 46.2 Å². The van der Waals surface area contributed by atoms with Gasteiger partial charge in [0.05, 0.1) is 12.2 Å². The molecule has 0 saturated heterocycles. The van der Waals surface area contributed by atoms with Crippen LogP contribution in [0.3, 0.4) is 0 Å². The highest BCUT2D eigenvalue weighted by Gasteiger charge is 2.57. The minimum Gasteiger partial charge on any atom is -0.508 e. The molecule has 5 heteroatoms. The van der Waals surface area contributed by atoms with Crippen LogP contribution >= 0.6 is 0 Å². The van der Waals surface area contributed by atoms with E-state index in [1.54, 1.807) is 12.1 Å². The number of rotatable bonds is 2. The highest BCUT2D eigenvalue weighted by Crippen LogP contribution is 2.65. The molecule has 0 unspecified atom stereocenters. The Morgan fingerprint density at radius 3 is 1.53 bits per heavy atom. The summed E-state index contributed by atoms with van der Waals surface area (Å²) in [4.78, 5) is 0.